The number of rotatable bonds is 4. The van der Waals surface area contributed by atoms with Crippen LogP contribution in [0.25, 0.3) is 11.5 Å². The van der Waals surface area contributed by atoms with E-state index in [9.17, 15) is 4.79 Å². The standard InChI is InChI=1S/C20H24N6OS/c1-5-28-20-22-21-18(24(20)3)17-15-12-26(11-10-16(15)25(4)23-17)19(27)14-9-7-6-8-13(14)2/h6-9H,5,10-12H2,1-4H3. The van der Waals surface area contributed by atoms with Gasteiger partial charge in [0.25, 0.3) is 5.91 Å². The first-order valence-electron chi connectivity index (χ1n) is 9.43. The van der Waals surface area contributed by atoms with Crippen LogP contribution in [0.3, 0.4) is 0 Å². The van der Waals surface area contributed by atoms with E-state index >= 15 is 0 Å². The average molecular weight is 397 g/mol. The monoisotopic (exact) mass is 396 g/mol. The van der Waals surface area contributed by atoms with E-state index in [0.717, 1.165) is 51.2 Å². The average Bonchev–Trinajstić information content (AvgIpc) is 3.22. The number of carbonyl (C=O) groups excluding carboxylic acids is 1. The van der Waals surface area contributed by atoms with Gasteiger partial charge in [-0.25, -0.2) is 0 Å². The molecule has 0 saturated heterocycles. The lowest BCUT2D eigenvalue weighted by Gasteiger charge is -2.28. The van der Waals surface area contributed by atoms with Crippen LogP contribution in [-0.2, 0) is 27.1 Å². The highest BCUT2D eigenvalue weighted by Gasteiger charge is 2.30. The van der Waals surface area contributed by atoms with E-state index < -0.39 is 0 Å². The van der Waals surface area contributed by atoms with Crippen molar-refractivity contribution in [2.75, 3.05) is 12.3 Å². The molecular formula is C20H24N6OS. The number of carbonyl (C=O) groups is 1. The van der Waals surface area contributed by atoms with Crippen LogP contribution in [0.5, 0.6) is 0 Å². The molecule has 0 atom stereocenters. The fourth-order valence-corrected chi connectivity index (χ4v) is 4.34. The summed E-state index contributed by atoms with van der Waals surface area (Å²) in [7, 11) is 3.92. The lowest BCUT2D eigenvalue weighted by molar-refractivity contribution is 0.0733. The van der Waals surface area contributed by atoms with Gasteiger partial charge in [-0.05, 0) is 24.3 Å². The van der Waals surface area contributed by atoms with Gasteiger partial charge in [0.05, 0.1) is 6.54 Å². The first kappa shape index (κ1) is 18.7. The zero-order valence-electron chi connectivity index (χ0n) is 16.6. The summed E-state index contributed by atoms with van der Waals surface area (Å²) in [6, 6.07) is 7.75. The molecule has 7 nitrogen and oxygen atoms in total. The predicted octanol–water partition coefficient (Wildman–Crippen LogP) is 2.83. The highest BCUT2D eigenvalue weighted by molar-refractivity contribution is 7.99. The minimum Gasteiger partial charge on any atom is -0.334 e. The van der Waals surface area contributed by atoms with Crippen molar-refractivity contribution in [1.82, 2.24) is 29.4 Å². The number of aromatic nitrogens is 5. The molecule has 1 aromatic carbocycles. The molecule has 8 heteroatoms. The predicted molar refractivity (Wildman–Crippen MR) is 109 cm³/mol. The van der Waals surface area contributed by atoms with E-state index in [1.54, 1.807) is 11.8 Å². The summed E-state index contributed by atoms with van der Waals surface area (Å²) in [5.74, 6) is 1.75. The SMILES string of the molecule is CCSc1nnc(-c2nn(C)c3c2CN(C(=O)c2ccccc2C)CC3)n1C. The van der Waals surface area contributed by atoms with Crippen LogP contribution in [0.15, 0.2) is 29.4 Å². The van der Waals surface area contributed by atoms with Crippen molar-refractivity contribution in [2.45, 2.75) is 32.0 Å². The number of amides is 1. The van der Waals surface area contributed by atoms with Crippen LogP contribution in [0, 0.1) is 6.92 Å². The number of thioether (sulfide) groups is 1. The molecule has 0 N–H and O–H groups in total. The summed E-state index contributed by atoms with van der Waals surface area (Å²) in [4.78, 5) is 15.0. The Morgan fingerprint density at radius 3 is 2.75 bits per heavy atom. The quantitative estimate of drug-likeness (QED) is 0.635. The van der Waals surface area contributed by atoms with Crippen LogP contribution in [-0.4, -0.2) is 47.6 Å². The fraction of sp³-hybridized carbons (Fsp3) is 0.400. The van der Waals surface area contributed by atoms with E-state index in [2.05, 4.69) is 17.1 Å². The minimum absolute atomic E-state index is 0.0683. The number of hydrogen-bond donors (Lipinski definition) is 0. The zero-order chi connectivity index (χ0) is 19.8. The second kappa shape index (κ2) is 7.43. The van der Waals surface area contributed by atoms with Gasteiger partial charge in [0, 0.05) is 43.9 Å². The molecule has 0 aliphatic carbocycles. The Morgan fingerprint density at radius 2 is 2.00 bits per heavy atom. The maximum Gasteiger partial charge on any atom is 0.254 e. The van der Waals surface area contributed by atoms with Gasteiger partial charge in [0.15, 0.2) is 11.0 Å². The van der Waals surface area contributed by atoms with E-state index in [-0.39, 0.29) is 5.91 Å². The van der Waals surface area contributed by atoms with Gasteiger partial charge in [-0.15, -0.1) is 10.2 Å². The van der Waals surface area contributed by atoms with Gasteiger partial charge in [-0.2, -0.15) is 5.10 Å². The maximum atomic E-state index is 13.1. The number of benzene rings is 1. The van der Waals surface area contributed by atoms with E-state index in [1.165, 1.54) is 0 Å². The van der Waals surface area contributed by atoms with Crippen molar-refractivity contribution in [3.63, 3.8) is 0 Å². The third-order valence-corrected chi connectivity index (χ3v) is 6.13. The molecule has 3 heterocycles. The molecule has 3 aromatic rings. The lowest BCUT2D eigenvalue weighted by atomic mass is 10.0. The first-order valence-corrected chi connectivity index (χ1v) is 10.4. The molecule has 0 spiro atoms. The van der Waals surface area contributed by atoms with E-state index in [1.807, 2.05) is 59.4 Å². The van der Waals surface area contributed by atoms with Crippen molar-refractivity contribution in [3.05, 3.63) is 46.6 Å². The topological polar surface area (TPSA) is 68.8 Å². The second-order valence-electron chi connectivity index (χ2n) is 6.99. The molecule has 1 aliphatic rings. The van der Waals surface area contributed by atoms with Gasteiger partial charge < -0.3 is 9.47 Å². The summed E-state index contributed by atoms with van der Waals surface area (Å²) in [5, 5.41) is 14.3. The Bertz CT molecular complexity index is 1040. The molecule has 4 rings (SSSR count). The van der Waals surface area contributed by atoms with Crippen molar-refractivity contribution in [2.24, 2.45) is 14.1 Å². The molecule has 0 unspecified atom stereocenters. The Hall–Kier alpha value is -2.61. The molecule has 1 amide bonds. The third kappa shape index (κ3) is 3.11. The highest BCUT2D eigenvalue weighted by atomic mass is 32.2. The Balaban J connectivity index is 1.69. The van der Waals surface area contributed by atoms with Crippen LogP contribution in [0.2, 0.25) is 0 Å². The van der Waals surface area contributed by atoms with Crippen molar-refractivity contribution < 1.29 is 4.79 Å². The normalized spacial score (nSPS) is 13.6. The number of aryl methyl sites for hydroxylation is 2. The lowest BCUT2D eigenvalue weighted by Crippen LogP contribution is -2.36. The Kier molecular flexibility index (Phi) is 4.97. The van der Waals surface area contributed by atoms with Crippen LogP contribution >= 0.6 is 11.8 Å². The van der Waals surface area contributed by atoms with Gasteiger partial charge >= 0.3 is 0 Å². The summed E-state index contributed by atoms with van der Waals surface area (Å²) < 4.78 is 3.90. The molecule has 1 aliphatic heterocycles. The summed E-state index contributed by atoms with van der Waals surface area (Å²) >= 11 is 1.66. The molecule has 0 bridgehead atoms. The van der Waals surface area contributed by atoms with Crippen molar-refractivity contribution in [1.29, 1.82) is 0 Å². The maximum absolute atomic E-state index is 13.1. The molecule has 0 radical (unpaired) electrons. The molecule has 146 valence electrons. The number of hydrogen-bond acceptors (Lipinski definition) is 5. The summed E-state index contributed by atoms with van der Waals surface area (Å²) in [6.07, 6.45) is 0.783. The summed E-state index contributed by atoms with van der Waals surface area (Å²) in [6.45, 7) is 5.30. The first-order chi connectivity index (χ1) is 13.5. The highest BCUT2D eigenvalue weighted by Crippen LogP contribution is 2.31. The largest absolute Gasteiger partial charge is 0.334 e. The zero-order valence-corrected chi connectivity index (χ0v) is 17.5. The molecule has 2 aromatic heterocycles. The van der Waals surface area contributed by atoms with Gasteiger partial charge in [-0.1, -0.05) is 36.9 Å². The van der Waals surface area contributed by atoms with Crippen molar-refractivity contribution in [3.8, 4) is 11.5 Å². The van der Waals surface area contributed by atoms with E-state index in [4.69, 9.17) is 5.10 Å². The third-order valence-electron chi connectivity index (χ3n) is 5.23. The molecular weight excluding hydrogens is 372 g/mol. The second-order valence-corrected chi connectivity index (χ2v) is 8.22. The van der Waals surface area contributed by atoms with Gasteiger partial charge in [0.1, 0.15) is 5.69 Å². The minimum atomic E-state index is 0.0683. The van der Waals surface area contributed by atoms with E-state index in [0.29, 0.717) is 13.1 Å². The van der Waals surface area contributed by atoms with Gasteiger partial charge in [0.2, 0.25) is 0 Å². The molecule has 28 heavy (non-hydrogen) atoms. The Morgan fingerprint density at radius 1 is 1.21 bits per heavy atom. The number of nitrogens with zero attached hydrogens (tertiary/aromatic N) is 6. The van der Waals surface area contributed by atoms with Crippen molar-refractivity contribution >= 4 is 17.7 Å². The number of fused-ring (bicyclic) bond motifs is 1. The molecule has 0 fully saturated rings. The Labute approximate surface area is 168 Å². The van der Waals surface area contributed by atoms with Crippen LogP contribution in [0.1, 0.15) is 34.1 Å². The summed E-state index contributed by atoms with van der Waals surface area (Å²) in [5.41, 5.74) is 4.81. The smallest absolute Gasteiger partial charge is 0.254 e. The van der Waals surface area contributed by atoms with Gasteiger partial charge in [-0.3, -0.25) is 9.48 Å². The van der Waals surface area contributed by atoms with Crippen LogP contribution in [0.4, 0.5) is 0 Å². The molecule has 0 saturated carbocycles. The van der Waals surface area contributed by atoms with Crippen LogP contribution < -0.4 is 0 Å². The fourth-order valence-electron chi connectivity index (χ4n) is 3.70.